The molecular weight excluding hydrogens is 192 g/mol. The molecule has 15 heavy (non-hydrogen) atoms. The topological polar surface area (TPSA) is 46.5 Å². The minimum absolute atomic E-state index is 0.473. The van der Waals surface area contributed by atoms with E-state index in [4.69, 9.17) is 8.83 Å². The van der Waals surface area contributed by atoms with E-state index < -0.39 is 6.10 Å². The Morgan fingerprint density at radius 2 is 2.07 bits per heavy atom. The maximum Gasteiger partial charge on any atom is 0.180 e. The van der Waals surface area contributed by atoms with Crippen LogP contribution in [0.25, 0.3) is 0 Å². The molecule has 1 aliphatic rings. The second-order valence-electron chi connectivity index (χ2n) is 3.44. The van der Waals surface area contributed by atoms with Gasteiger partial charge in [0.1, 0.15) is 11.9 Å². The Labute approximate surface area is 86.3 Å². The molecule has 1 unspecified atom stereocenters. The van der Waals surface area contributed by atoms with Crippen LogP contribution in [0.4, 0.5) is 0 Å². The predicted molar refractivity (Wildman–Crippen MR) is 52.1 cm³/mol. The SMILES string of the molecule is OC1Cc2ccoc2C#Cc2ccoc21. The fourth-order valence-electron chi connectivity index (χ4n) is 1.71. The molecule has 3 rings (SSSR count). The number of rotatable bonds is 0. The third-order valence-corrected chi connectivity index (χ3v) is 2.47. The highest BCUT2D eigenvalue weighted by Crippen LogP contribution is 2.26. The zero-order valence-corrected chi connectivity index (χ0v) is 7.86. The molecule has 1 N–H and O–H groups in total. The molecule has 3 heteroatoms. The summed E-state index contributed by atoms with van der Waals surface area (Å²) < 4.78 is 10.4. The monoisotopic (exact) mass is 200 g/mol. The van der Waals surface area contributed by atoms with Gasteiger partial charge in [-0.15, -0.1) is 0 Å². The minimum Gasteiger partial charge on any atom is -0.465 e. The van der Waals surface area contributed by atoms with E-state index in [-0.39, 0.29) is 0 Å². The summed E-state index contributed by atoms with van der Waals surface area (Å²) in [4.78, 5) is 0. The van der Waals surface area contributed by atoms with Crippen LogP contribution in [-0.4, -0.2) is 5.11 Å². The van der Waals surface area contributed by atoms with E-state index in [2.05, 4.69) is 11.8 Å². The van der Waals surface area contributed by atoms with Crippen molar-refractivity contribution in [3.8, 4) is 11.8 Å². The maximum atomic E-state index is 9.92. The van der Waals surface area contributed by atoms with Crippen molar-refractivity contribution in [2.75, 3.05) is 0 Å². The summed E-state index contributed by atoms with van der Waals surface area (Å²) in [6.45, 7) is 0. The van der Waals surface area contributed by atoms with Crippen molar-refractivity contribution in [1.29, 1.82) is 0 Å². The quantitative estimate of drug-likeness (QED) is 0.660. The zero-order chi connectivity index (χ0) is 10.3. The summed E-state index contributed by atoms with van der Waals surface area (Å²) in [7, 11) is 0. The van der Waals surface area contributed by atoms with Crippen molar-refractivity contribution in [3.63, 3.8) is 0 Å². The molecule has 0 bridgehead atoms. The van der Waals surface area contributed by atoms with Crippen LogP contribution in [0.1, 0.15) is 28.8 Å². The second kappa shape index (κ2) is 3.04. The minimum atomic E-state index is -0.652. The van der Waals surface area contributed by atoms with E-state index in [0.29, 0.717) is 17.9 Å². The molecule has 0 aromatic carbocycles. The highest BCUT2D eigenvalue weighted by Gasteiger charge is 2.20. The van der Waals surface area contributed by atoms with E-state index in [1.807, 2.05) is 6.07 Å². The molecular formula is C12H8O3. The highest BCUT2D eigenvalue weighted by atomic mass is 16.4. The summed E-state index contributed by atoms with van der Waals surface area (Å²) in [6.07, 6.45) is 2.94. The molecule has 0 spiro atoms. The van der Waals surface area contributed by atoms with Crippen LogP contribution in [0.15, 0.2) is 33.5 Å². The predicted octanol–water partition coefficient (Wildman–Crippen LogP) is 1.86. The summed E-state index contributed by atoms with van der Waals surface area (Å²) in [5, 5.41) is 9.92. The largest absolute Gasteiger partial charge is 0.465 e. The van der Waals surface area contributed by atoms with Gasteiger partial charge in [0.15, 0.2) is 5.76 Å². The van der Waals surface area contributed by atoms with Gasteiger partial charge in [-0.1, -0.05) is 5.92 Å². The van der Waals surface area contributed by atoms with E-state index in [1.165, 1.54) is 6.26 Å². The molecule has 3 nitrogen and oxygen atoms in total. The standard InChI is InChI=1S/C12H8O3/c13-10-7-9-4-5-14-11(9)2-1-8-3-6-15-12(8)10/h3-6,10,13H,7H2. The molecule has 1 aliphatic carbocycles. The van der Waals surface area contributed by atoms with Gasteiger partial charge >= 0.3 is 0 Å². The highest BCUT2D eigenvalue weighted by molar-refractivity contribution is 5.46. The van der Waals surface area contributed by atoms with E-state index in [9.17, 15) is 5.11 Å². The zero-order valence-electron chi connectivity index (χ0n) is 7.86. The van der Waals surface area contributed by atoms with Gasteiger partial charge in [-0.3, -0.25) is 0 Å². The molecule has 2 aromatic rings. The molecule has 0 amide bonds. The van der Waals surface area contributed by atoms with E-state index in [1.54, 1.807) is 12.3 Å². The number of furan rings is 2. The van der Waals surface area contributed by atoms with Crippen molar-refractivity contribution in [1.82, 2.24) is 0 Å². The Kier molecular flexibility index (Phi) is 1.70. The van der Waals surface area contributed by atoms with Crippen molar-refractivity contribution in [2.45, 2.75) is 12.5 Å². The lowest BCUT2D eigenvalue weighted by Crippen LogP contribution is -2.04. The van der Waals surface area contributed by atoms with Crippen molar-refractivity contribution >= 4 is 0 Å². The summed E-state index contributed by atoms with van der Waals surface area (Å²) in [5.74, 6) is 7.00. The van der Waals surface area contributed by atoms with Gasteiger partial charge in [0.05, 0.1) is 18.1 Å². The Morgan fingerprint density at radius 1 is 1.20 bits per heavy atom. The number of fused-ring (bicyclic) bond motifs is 2. The number of aliphatic hydroxyl groups excluding tert-OH is 1. The van der Waals surface area contributed by atoms with Crippen LogP contribution in [0.5, 0.6) is 0 Å². The first-order valence-corrected chi connectivity index (χ1v) is 4.68. The van der Waals surface area contributed by atoms with Crippen molar-refractivity contribution < 1.29 is 13.9 Å². The van der Waals surface area contributed by atoms with Gasteiger partial charge in [-0.2, -0.15) is 0 Å². The number of aliphatic hydroxyl groups is 1. The molecule has 0 fully saturated rings. The molecule has 0 radical (unpaired) electrons. The van der Waals surface area contributed by atoms with Gasteiger partial charge in [-0.25, -0.2) is 0 Å². The van der Waals surface area contributed by atoms with E-state index in [0.717, 1.165) is 11.1 Å². The first-order valence-electron chi connectivity index (χ1n) is 4.68. The van der Waals surface area contributed by atoms with Gasteiger partial charge < -0.3 is 13.9 Å². The van der Waals surface area contributed by atoms with Crippen LogP contribution in [0.2, 0.25) is 0 Å². The fraction of sp³-hybridized carbons (Fsp3) is 0.167. The second-order valence-corrected chi connectivity index (χ2v) is 3.44. The molecule has 2 heterocycles. The molecule has 0 aliphatic heterocycles. The van der Waals surface area contributed by atoms with Crippen LogP contribution in [0.3, 0.4) is 0 Å². The third kappa shape index (κ3) is 1.27. The van der Waals surface area contributed by atoms with Crippen molar-refractivity contribution in [3.05, 3.63) is 47.3 Å². The maximum absolute atomic E-state index is 9.92. The van der Waals surface area contributed by atoms with Gasteiger partial charge in [-0.05, 0) is 18.1 Å². The first kappa shape index (κ1) is 8.39. The van der Waals surface area contributed by atoms with E-state index >= 15 is 0 Å². The lowest BCUT2D eigenvalue weighted by Gasteiger charge is -2.08. The Hall–Kier alpha value is -1.92. The van der Waals surface area contributed by atoms with Crippen LogP contribution < -0.4 is 0 Å². The molecule has 0 saturated heterocycles. The Balaban J connectivity index is 2.19. The average molecular weight is 200 g/mol. The summed E-state index contributed by atoms with van der Waals surface area (Å²) >= 11 is 0. The third-order valence-electron chi connectivity index (χ3n) is 2.47. The van der Waals surface area contributed by atoms with Crippen LogP contribution >= 0.6 is 0 Å². The first-order chi connectivity index (χ1) is 7.34. The number of hydrogen-bond acceptors (Lipinski definition) is 3. The molecule has 0 saturated carbocycles. The molecule has 74 valence electrons. The van der Waals surface area contributed by atoms with Gasteiger partial charge in [0.25, 0.3) is 0 Å². The molecule has 1 atom stereocenters. The lowest BCUT2D eigenvalue weighted by molar-refractivity contribution is 0.149. The fourth-order valence-corrected chi connectivity index (χ4v) is 1.71. The summed E-state index contributed by atoms with van der Waals surface area (Å²) in [5.41, 5.74) is 1.64. The summed E-state index contributed by atoms with van der Waals surface area (Å²) in [6, 6.07) is 3.57. The normalized spacial score (nSPS) is 18.1. The Bertz CT molecular complexity index is 551. The van der Waals surface area contributed by atoms with Crippen LogP contribution in [0, 0.1) is 11.8 Å². The average Bonchev–Trinajstić information content (AvgIpc) is 2.81. The lowest BCUT2D eigenvalue weighted by atomic mass is 10.0. The molecule has 2 aromatic heterocycles. The smallest absolute Gasteiger partial charge is 0.180 e. The van der Waals surface area contributed by atoms with Crippen LogP contribution in [-0.2, 0) is 6.42 Å². The van der Waals surface area contributed by atoms with Gasteiger partial charge in [0, 0.05) is 12.0 Å². The number of hydrogen-bond donors (Lipinski definition) is 1. The van der Waals surface area contributed by atoms with Crippen molar-refractivity contribution in [2.24, 2.45) is 0 Å². The van der Waals surface area contributed by atoms with Gasteiger partial charge in [0.2, 0.25) is 0 Å². The Morgan fingerprint density at radius 3 is 3.00 bits per heavy atom.